The van der Waals surface area contributed by atoms with Crippen LogP contribution in [0, 0.1) is 10.1 Å². The molecule has 128 valence electrons. The van der Waals surface area contributed by atoms with Gasteiger partial charge in [-0.3, -0.25) is 10.1 Å². The fraction of sp³-hybridized carbons (Fsp3) is 0.714. The molecule has 0 saturated carbocycles. The van der Waals surface area contributed by atoms with Gasteiger partial charge in [-0.1, -0.05) is 0 Å². The summed E-state index contributed by atoms with van der Waals surface area (Å²) in [5, 5.41) is 11.4. The van der Waals surface area contributed by atoms with Gasteiger partial charge in [0.25, 0.3) is 0 Å². The Morgan fingerprint density at radius 2 is 1.87 bits per heavy atom. The topological polar surface area (TPSA) is 111 Å². The van der Waals surface area contributed by atoms with Gasteiger partial charge in [-0.25, -0.2) is 0 Å². The van der Waals surface area contributed by atoms with Crippen LogP contribution < -0.4 is 15.5 Å². The highest BCUT2D eigenvalue weighted by molar-refractivity contribution is 5.71. The Bertz CT molecular complexity index is 568. The Kier molecular flexibility index (Phi) is 5.19. The number of morpholine rings is 1. The summed E-state index contributed by atoms with van der Waals surface area (Å²) in [7, 11) is 0. The Morgan fingerprint density at radius 3 is 2.35 bits per heavy atom. The summed E-state index contributed by atoms with van der Waals surface area (Å²) < 4.78 is 5.69. The number of nitrogens with two attached hydrogens (primary N) is 1. The molecule has 1 fully saturated rings. The quantitative estimate of drug-likeness (QED) is 0.639. The third kappa shape index (κ3) is 3.61. The van der Waals surface area contributed by atoms with Gasteiger partial charge in [0.2, 0.25) is 17.6 Å². The lowest BCUT2D eigenvalue weighted by atomic mass is 10.2. The third-order valence-electron chi connectivity index (χ3n) is 3.83. The highest BCUT2D eigenvalue weighted by atomic mass is 16.6. The van der Waals surface area contributed by atoms with E-state index in [1.807, 2.05) is 37.5 Å². The Hall–Kier alpha value is -2.16. The van der Waals surface area contributed by atoms with Crippen LogP contribution in [0.4, 0.5) is 23.3 Å². The van der Waals surface area contributed by atoms with E-state index in [9.17, 15) is 10.1 Å². The van der Waals surface area contributed by atoms with Gasteiger partial charge in [-0.2, -0.15) is 9.97 Å². The van der Waals surface area contributed by atoms with E-state index in [0.717, 1.165) is 0 Å². The maximum atomic E-state index is 11.4. The molecule has 2 heterocycles. The predicted octanol–water partition coefficient (Wildman–Crippen LogP) is 1.43. The van der Waals surface area contributed by atoms with Crippen molar-refractivity contribution in [1.82, 2.24) is 9.97 Å². The SMILES string of the molecule is CCN(CC)c1nc(N)c([N+](=O)[O-])c(N2C[C@H](C)O[C@@H](C)C2)n1. The van der Waals surface area contributed by atoms with Crippen LogP contribution in [0.3, 0.4) is 0 Å². The maximum absolute atomic E-state index is 11.4. The van der Waals surface area contributed by atoms with Crippen LogP contribution in [0.1, 0.15) is 27.7 Å². The second-order valence-electron chi connectivity index (χ2n) is 5.67. The highest BCUT2D eigenvalue weighted by Crippen LogP contribution is 2.34. The molecular weight excluding hydrogens is 300 g/mol. The number of ether oxygens (including phenoxy) is 1. The first-order chi connectivity index (χ1) is 10.9. The summed E-state index contributed by atoms with van der Waals surface area (Å²) in [5.74, 6) is 0.583. The van der Waals surface area contributed by atoms with Crippen LogP contribution in [-0.4, -0.2) is 53.3 Å². The molecular formula is C14H24N6O3. The molecule has 1 aliphatic heterocycles. The van der Waals surface area contributed by atoms with Crippen LogP contribution in [0.15, 0.2) is 0 Å². The lowest BCUT2D eigenvalue weighted by Crippen LogP contribution is -2.46. The van der Waals surface area contributed by atoms with E-state index in [-0.39, 0.29) is 29.5 Å². The lowest BCUT2D eigenvalue weighted by Gasteiger charge is -2.36. The van der Waals surface area contributed by atoms with Gasteiger partial charge >= 0.3 is 5.69 Å². The van der Waals surface area contributed by atoms with Crippen LogP contribution in [0.5, 0.6) is 0 Å². The molecule has 0 aliphatic carbocycles. The molecule has 0 radical (unpaired) electrons. The average Bonchev–Trinajstić information content (AvgIpc) is 2.46. The van der Waals surface area contributed by atoms with E-state index >= 15 is 0 Å². The Balaban J connectivity index is 2.51. The number of hydrogen-bond acceptors (Lipinski definition) is 8. The largest absolute Gasteiger partial charge is 0.378 e. The van der Waals surface area contributed by atoms with Crippen molar-refractivity contribution in [3.8, 4) is 0 Å². The zero-order valence-corrected chi connectivity index (χ0v) is 14.0. The van der Waals surface area contributed by atoms with Crippen molar-refractivity contribution >= 4 is 23.3 Å². The average molecular weight is 324 g/mol. The van der Waals surface area contributed by atoms with Crippen molar-refractivity contribution in [1.29, 1.82) is 0 Å². The summed E-state index contributed by atoms with van der Waals surface area (Å²) in [5.41, 5.74) is 5.63. The van der Waals surface area contributed by atoms with Crippen LogP contribution in [-0.2, 0) is 4.74 Å². The number of nitrogens with zero attached hydrogens (tertiary/aromatic N) is 5. The first-order valence-corrected chi connectivity index (χ1v) is 7.84. The molecule has 1 saturated heterocycles. The molecule has 9 heteroatoms. The number of nitro groups is 1. The minimum absolute atomic E-state index is 0.0357. The van der Waals surface area contributed by atoms with E-state index in [2.05, 4.69) is 9.97 Å². The number of rotatable bonds is 5. The summed E-state index contributed by atoms with van der Waals surface area (Å²) in [6, 6.07) is 0. The number of hydrogen-bond donors (Lipinski definition) is 1. The molecule has 0 aromatic carbocycles. The monoisotopic (exact) mass is 324 g/mol. The van der Waals surface area contributed by atoms with Crippen molar-refractivity contribution in [2.24, 2.45) is 0 Å². The molecule has 1 aromatic heterocycles. The molecule has 1 aromatic rings. The lowest BCUT2D eigenvalue weighted by molar-refractivity contribution is -0.383. The normalized spacial score (nSPS) is 21.3. The number of nitrogen functional groups attached to an aromatic ring is 1. The Labute approximate surface area is 135 Å². The molecule has 2 atom stereocenters. The molecule has 23 heavy (non-hydrogen) atoms. The van der Waals surface area contributed by atoms with Crippen LogP contribution in [0.25, 0.3) is 0 Å². The molecule has 0 spiro atoms. The van der Waals surface area contributed by atoms with Gasteiger partial charge in [-0.15, -0.1) is 0 Å². The second-order valence-corrected chi connectivity index (χ2v) is 5.67. The van der Waals surface area contributed by atoms with Gasteiger partial charge in [0.05, 0.1) is 17.1 Å². The first-order valence-electron chi connectivity index (χ1n) is 7.84. The van der Waals surface area contributed by atoms with Crippen molar-refractivity contribution in [2.45, 2.75) is 39.9 Å². The van der Waals surface area contributed by atoms with Gasteiger partial charge in [0, 0.05) is 26.2 Å². The molecule has 0 bridgehead atoms. The van der Waals surface area contributed by atoms with E-state index in [1.165, 1.54) is 0 Å². The van der Waals surface area contributed by atoms with Crippen molar-refractivity contribution in [2.75, 3.05) is 41.7 Å². The number of anilines is 3. The molecule has 2 N–H and O–H groups in total. The smallest absolute Gasteiger partial charge is 0.353 e. The molecule has 0 unspecified atom stereocenters. The highest BCUT2D eigenvalue weighted by Gasteiger charge is 2.32. The maximum Gasteiger partial charge on any atom is 0.353 e. The number of aromatic nitrogens is 2. The first kappa shape index (κ1) is 17.2. The van der Waals surface area contributed by atoms with Gasteiger partial charge in [-0.05, 0) is 27.7 Å². The summed E-state index contributed by atoms with van der Waals surface area (Å²) in [4.78, 5) is 23.3. The zero-order valence-electron chi connectivity index (χ0n) is 14.0. The third-order valence-corrected chi connectivity index (χ3v) is 3.83. The van der Waals surface area contributed by atoms with E-state index in [0.29, 0.717) is 32.1 Å². The van der Waals surface area contributed by atoms with Gasteiger partial charge in [0.1, 0.15) is 0 Å². The Morgan fingerprint density at radius 1 is 1.30 bits per heavy atom. The van der Waals surface area contributed by atoms with Crippen molar-refractivity contribution < 1.29 is 9.66 Å². The molecule has 2 rings (SSSR count). The van der Waals surface area contributed by atoms with E-state index < -0.39 is 4.92 Å². The molecule has 1 aliphatic rings. The molecule has 9 nitrogen and oxygen atoms in total. The fourth-order valence-corrected chi connectivity index (χ4v) is 2.84. The standard InChI is InChI=1S/C14H24N6O3/c1-5-18(6-2)14-16-12(15)11(20(21)22)13(17-14)19-7-9(3)23-10(4)8-19/h9-10H,5-8H2,1-4H3,(H2,15,16,17)/t9-,10-/m0/s1. The van der Waals surface area contributed by atoms with Gasteiger partial charge < -0.3 is 20.3 Å². The minimum atomic E-state index is -0.512. The molecule has 0 amide bonds. The predicted molar refractivity (Wildman–Crippen MR) is 88.9 cm³/mol. The zero-order chi connectivity index (χ0) is 17.1. The van der Waals surface area contributed by atoms with E-state index in [1.54, 1.807) is 0 Å². The summed E-state index contributed by atoms with van der Waals surface area (Å²) >= 11 is 0. The summed E-state index contributed by atoms with van der Waals surface area (Å²) in [6.07, 6.45) is -0.0714. The summed E-state index contributed by atoms with van der Waals surface area (Å²) in [6.45, 7) is 10.3. The van der Waals surface area contributed by atoms with E-state index in [4.69, 9.17) is 10.5 Å². The second kappa shape index (κ2) is 6.95. The van der Waals surface area contributed by atoms with Crippen LogP contribution in [0.2, 0.25) is 0 Å². The minimum Gasteiger partial charge on any atom is -0.378 e. The van der Waals surface area contributed by atoms with Gasteiger partial charge in [0.15, 0.2) is 0 Å². The van der Waals surface area contributed by atoms with Crippen LogP contribution >= 0.6 is 0 Å². The van der Waals surface area contributed by atoms with Crippen molar-refractivity contribution in [3.63, 3.8) is 0 Å². The fourth-order valence-electron chi connectivity index (χ4n) is 2.84. The van der Waals surface area contributed by atoms with Crippen molar-refractivity contribution in [3.05, 3.63) is 10.1 Å².